The minimum Gasteiger partial charge on any atom is -0.341 e. The molecular weight excluding hydrogens is 661 g/mol. The Bertz CT molecular complexity index is 1760. The lowest BCUT2D eigenvalue weighted by molar-refractivity contribution is 0.145. The van der Waals surface area contributed by atoms with E-state index in [0.717, 1.165) is 46.5 Å². The van der Waals surface area contributed by atoms with Crippen LogP contribution in [0.4, 0.5) is 0 Å². The van der Waals surface area contributed by atoms with Gasteiger partial charge in [0.2, 0.25) is 0 Å². The van der Waals surface area contributed by atoms with Gasteiger partial charge in [0.05, 0.1) is 34.2 Å². The zero-order valence-corrected chi connectivity index (χ0v) is 32.8. The average Bonchev–Trinajstić information content (AvgIpc) is 3.95. The van der Waals surface area contributed by atoms with Crippen molar-refractivity contribution in [3.05, 3.63) is 59.2 Å². The number of imidazole rings is 2. The van der Waals surface area contributed by atoms with E-state index in [1.165, 1.54) is 164 Å². The summed E-state index contributed by atoms with van der Waals surface area (Å²) in [5, 5.41) is 8.01. The number of aromatic nitrogens is 4. The molecule has 0 spiro atoms. The molecule has 10 fully saturated rings. The predicted molar refractivity (Wildman–Crippen MR) is 220 cm³/mol. The minimum atomic E-state index is 0.396. The second-order valence-corrected chi connectivity index (χ2v) is 20.0. The van der Waals surface area contributed by atoms with Crippen LogP contribution in [-0.2, 0) is 0 Å². The Morgan fingerprint density at radius 1 is 0.426 bits per heavy atom. The Kier molecular flexibility index (Phi) is 9.38. The fraction of sp³-hybridized carbons (Fsp3) is 0.708. The monoisotopic (exact) mass is 727 g/mol. The van der Waals surface area contributed by atoms with Gasteiger partial charge in [0.15, 0.2) is 0 Å². The van der Waals surface area contributed by atoms with Crippen molar-refractivity contribution in [1.29, 1.82) is 0 Å². The number of nitrogens with zero attached hydrogens (tertiary/aromatic N) is 2. The van der Waals surface area contributed by atoms with Gasteiger partial charge in [-0.3, -0.25) is 0 Å². The van der Waals surface area contributed by atoms with Gasteiger partial charge in [-0.25, -0.2) is 9.97 Å². The normalized spacial score (nSPS) is 38.8. The van der Waals surface area contributed by atoms with E-state index in [1.807, 2.05) is 0 Å². The molecule has 4 bridgehead atoms. The predicted octanol–water partition coefficient (Wildman–Crippen LogP) is 11.7. The third-order valence-electron chi connectivity index (χ3n) is 16.9. The van der Waals surface area contributed by atoms with Gasteiger partial charge < -0.3 is 20.6 Å². The molecule has 8 atom stereocenters. The van der Waals surface area contributed by atoms with Gasteiger partial charge in [0.1, 0.15) is 11.6 Å². The molecule has 4 heterocycles. The molecular formula is C48H66N6. The van der Waals surface area contributed by atoms with Gasteiger partial charge >= 0.3 is 0 Å². The fourth-order valence-electron chi connectivity index (χ4n) is 13.9. The van der Waals surface area contributed by atoms with Crippen LogP contribution in [0.5, 0.6) is 0 Å². The summed E-state index contributed by atoms with van der Waals surface area (Å²) >= 11 is 0. The van der Waals surface area contributed by atoms with Crippen molar-refractivity contribution in [2.45, 2.75) is 177 Å². The highest BCUT2D eigenvalue weighted by Gasteiger charge is 2.40. The molecule has 8 saturated carbocycles. The number of hydrogen-bond acceptors (Lipinski definition) is 4. The molecule has 10 aliphatic rings. The first-order valence-corrected chi connectivity index (χ1v) is 23.2. The lowest BCUT2D eigenvalue weighted by Gasteiger charge is -2.42. The van der Waals surface area contributed by atoms with Gasteiger partial charge in [0.25, 0.3) is 0 Å². The Morgan fingerprint density at radius 3 is 1.33 bits per heavy atom. The van der Waals surface area contributed by atoms with Crippen molar-refractivity contribution < 1.29 is 0 Å². The second kappa shape index (κ2) is 14.7. The third kappa shape index (κ3) is 6.67. The number of nitrogens with one attached hydrogen (secondary N) is 4. The maximum atomic E-state index is 5.18. The van der Waals surface area contributed by atoms with Crippen molar-refractivity contribution in [3.63, 3.8) is 0 Å². The molecule has 0 radical (unpaired) electrons. The Labute approximate surface area is 323 Å². The van der Waals surface area contributed by atoms with Crippen LogP contribution in [0.1, 0.15) is 188 Å². The molecule has 8 aliphatic carbocycles. The molecule has 2 aliphatic heterocycles. The molecule has 2 unspecified atom stereocenters. The van der Waals surface area contributed by atoms with Gasteiger partial charge in [-0.15, -0.1) is 0 Å². The maximum Gasteiger partial charge on any atom is 0.124 e. The Hall–Kier alpha value is -2.70. The molecule has 4 aromatic rings. The number of benzene rings is 2. The van der Waals surface area contributed by atoms with Crippen LogP contribution in [0.3, 0.4) is 0 Å². The molecule has 2 aromatic heterocycles. The van der Waals surface area contributed by atoms with E-state index in [1.54, 1.807) is 11.1 Å². The van der Waals surface area contributed by atoms with Crippen LogP contribution >= 0.6 is 0 Å². The minimum absolute atomic E-state index is 0.396. The van der Waals surface area contributed by atoms with Crippen LogP contribution in [0.25, 0.3) is 22.1 Å². The highest BCUT2D eigenvalue weighted by molar-refractivity contribution is 5.77. The Balaban J connectivity index is 0.788. The van der Waals surface area contributed by atoms with E-state index in [0.29, 0.717) is 36.0 Å². The van der Waals surface area contributed by atoms with Crippen LogP contribution in [0.15, 0.2) is 36.4 Å². The fourth-order valence-corrected chi connectivity index (χ4v) is 13.9. The zero-order chi connectivity index (χ0) is 35.6. The highest BCUT2D eigenvalue weighted by Crippen LogP contribution is 2.51. The molecule has 2 aromatic carbocycles. The van der Waals surface area contributed by atoms with Gasteiger partial charge in [-0.2, -0.15) is 0 Å². The van der Waals surface area contributed by atoms with E-state index in [2.05, 4.69) is 57.0 Å². The molecule has 14 rings (SSSR count). The molecule has 4 N–H and O–H groups in total. The summed E-state index contributed by atoms with van der Waals surface area (Å²) in [6.45, 7) is 0. The standard InChI is InChI=1S/C48H66N6/c1-3-7-35-27-45(49-39(35)9-5-1)47-51-41-21-19-33(25-43(41)53-47)37-23-29-11-15-31(37)17-13-30-12-16-32(18-14-29)38(24-30)34-20-22-42-44(26-34)54-48(52-42)46-28-36-8-4-2-6-10-40(36)50-46/h19-22,25-26,29-32,35-40,45-46,49-50H,1-18,23-24,27-28H2,(H,51,53)(H,52,54)/t29-,30-,31+,32+,35-,36-,37?,38?,39-,40-,45-,46-/m0/s1. The summed E-state index contributed by atoms with van der Waals surface area (Å²) in [4.78, 5) is 18.1. The van der Waals surface area contributed by atoms with Crippen molar-refractivity contribution in [1.82, 2.24) is 30.6 Å². The number of H-pyrrole nitrogens is 2. The van der Waals surface area contributed by atoms with Crippen LogP contribution in [-0.4, -0.2) is 32.0 Å². The summed E-state index contributed by atoms with van der Waals surface area (Å²) in [5.41, 5.74) is 8.05. The highest BCUT2D eigenvalue weighted by atomic mass is 15.1. The average molecular weight is 727 g/mol. The first kappa shape index (κ1) is 34.5. The lowest BCUT2D eigenvalue weighted by atomic mass is 9.63. The summed E-state index contributed by atoms with van der Waals surface area (Å²) < 4.78 is 0. The van der Waals surface area contributed by atoms with Gasteiger partial charge in [0, 0.05) is 12.1 Å². The van der Waals surface area contributed by atoms with E-state index >= 15 is 0 Å². The van der Waals surface area contributed by atoms with Crippen LogP contribution < -0.4 is 10.6 Å². The van der Waals surface area contributed by atoms with Gasteiger partial charge in [-0.05, 0) is 160 Å². The summed E-state index contributed by atoms with van der Waals surface area (Å²) in [5.74, 6) is 8.79. The topological polar surface area (TPSA) is 81.4 Å². The zero-order valence-electron chi connectivity index (χ0n) is 32.8. The number of aromatic amines is 2. The molecule has 6 nitrogen and oxygen atoms in total. The third-order valence-corrected chi connectivity index (χ3v) is 16.9. The van der Waals surface area contributed by atoms with Crippen molar-refractivity contribution >= 4 is 22.1 Å². The quantitative estimate of drug-likeness (QED) is 0.169. The summed E-state index contributed by atoms with van der Waals surface area (Å²) in [6, 6.07) is 16.9. The van der Waals surface area contributed by atoms with Crippen molar-refractivity contribution in [2.24, 2.45) is 35.5 Å². The summed E-state index contributed by atoms with van der Waals surface area (Å²) in [6.07, 6.45) is 30.5. The van der Waals surface area contributed by atoms with Crippen molar-refractivity contribution in [3.8, 4) is 0 Å². The molecule has 288 valence electrons. The van der Waals surface area contributed by atoms with E-state index < -0.39 is 0 Å². The van der Waals surface area contributed by atoms with Crippen molar-refractivity contribution in [2.75, 3.05) is 0 Å². The van der Waals surface area contributed by atoms with Gasteiger partial charge in [-0.1, -0.05) is 76.3 Å². The largest absolute Gasteiger partial charge is 0.341 e. The van der Waals surface area contributed by atoms with E-state index in [9.17, 15) is 0 Å². The molecule has 0 amide bonds. The number of rotatable bonds is 4. The molecule has 6 heteroatoms. The van der Waals surface area contributed by atoms with E-state index in [4.69, 9.17) is 9.97 Å². The number of fused-ring (bicyclic) bond motifs is 4. The summed E-state index contributed by atoms with van der Waals surface area (Å²) in [7, 11) is 0. The first-order chi connectivity index (χ1) is 26.7. The molecule has 54 heavy (non-hydrogen) atoms. The first-order valence-electron chi connectivity index (χ1n) is 23.2. The lowest BCUT2D eigenvalue weighted by Crippen LogP contribution is -2.29. The smallest absolute Gasteiger partial charge is 0.124 e. The Morgan fingerprint density at radius 2 is 0.870 bits per heavy atom. The molecule has 2 saturated heterocycles. The maximum absolute atomic E-state index is 5.18. The van der Waals surface area contributed by atoms with Crippen LogP contribution in [0, 0.1) is 35.5 Å². The second-order valence-electron chi connectivity index (χ2n) is 20.0. The van der Waals surface area contributed by atoms with Crippen LogP contribution in [0.2, 0.25) is 0 Å². The SMILES string of the molecule is c1cc2nc([C@@H]3C[C@@H]4CCCCC[C@@H]4N3)[nH]c2cc1C1C[C@H]2CC[C@@H]1CC[C@@H]1CC[C@H](CC2)C(c2ccc3nc([C@@H]4C[C@@H]5CCCCC[C@@H]5N4)[nH]c3c2)C1. The van der Waals surface area contributed by atoms with E-state index in [-0.39, 0.29) is 0 Å². The number of hydrogen-bond donors (Lipinski definition) is 4.